The van der Waals surface area contributed by atoms with E-state index in [-0.39, 0.29) is 23.8 Å². The summed E-state index contributed by atoms with van der Waals surface area (Å²) in [6, 6.07) is 6.50. The molecule has 0 radical (unpaired) electrons. The number of aliphatic carboxylic acids is 1. The predicted octanol–water partition coefficient (Wildman–Crippen LogP) is 2.18. The molecule has 1 heterocycles. The number of carboxylic acid groups (broad SMARTS) is 1. The number of likely N-dealkylation sites (tertiary alicyclic amines) is 1. The molecule has 1 saturated heterocycles. The Morgan fingerprint density at radius 1 is 1.16 bits per heavy atom. The highest BCUT2D eigenvalue weighted by Gasteiger charge is 2.31. The Morgan fingerprint density at radius 2 is 1.80 bits per heavy atom. The minimum atomic E-state index is -0.989. The summed E-state index contributed by atoms with van der Waals surface area (Å²) in [5.74, 6) is -1.68. The average molecular weight is 346 g/mol. The van der Waals surface area contributed by atoms with Gasteiger partial charge in [-0.25, -0.2) is 4.79 Å². The van der Waals surface area contributed by atoms with Gasteiger partial charge < -0.3 is 15.3 Å². The maximum atomic E-state index is 12.3. The van der Waals surface area contributed by atoms with Crippen molar-refractivity contribution in [2.24, 2.45) is 0 Å². The van der Waals surface area contributed by atoms with E-state index in [4.69, 9.17) is 0 Å². The first-order chi connectivity index (χ1) is 11.7. The highest BCUT2D eigenvalue weighted by molar-refractivity contribution is 5.97. The summed E-state index contributed by atoms with van der Waals surface area (Å²) in [7, 11) is 0. The van der Waals surface area contributed by atoms with Gasteiger partial charge in [0.1, 0.15) is 6.04 Å². The fraction of sp³-hybridized carbons (Fsp3) is 0.526. The van der Waals surface area contributed by atoms with Gasteiger partial charge in [0, 0.05) is 12.1 Å². The van der Waals surface area contributed by atoms with Gasteiger partial charge in [-0.05, 0) is 42.4 Å². The molecule has 136 valence electrons. The van der Waals surface area contributed by atoms with Crippen molar-refractivity contribution in [3.05, 3.63) is 35.4 Å². The lowest BCUT2D eigenvalue weighted by Crippen LogP contribution is -2.51. The maximum absolute atomic E-state index is 12.3. The second-order valence-electron chi connectivity index (χ2n) is 7.45. The largest absolute Gasteiger partial charge is 0.480 e. The molecule has 1 aromatic rings. The van der Waals surface area contributed by atoms with E-state index in [1.807, 2.05) is 12.1 Å². The molecule has 0 aliphatic carbocycles. The minimum absolute atomic E-state index is 0.00504. The third-order valence-corrected chi connectivity index (χ3v) is 4.52. The van der Waals surface area contributed by atoms with Gasteiger partial charge in [0.25, 0.3) is 5.91 Å². The number of carbonyl (C=O) groups is 3. The van der Waals surface area contributed by atoms with Crippen LogP contribution < -0.4 is 5.32 Å². The van der Waals surface area contributed by atoms with Crippen molar-refractivity contribution in [3.8, 4) is 0 Å². The van der Waals surface area contributed by atoms with E-state index in [0.717, 1.165) is 18.4 Å². The number of rotatable bonds is 4. The molecule has 0 bridgehead atoms. The normalized spacial score (nSPS) is 17.9. The van der Waals surface area contributed by atoms with Crippen LogP contribution in [0.5, 0.6) is 0 Å². The van der Waals surface area contributed by atoms with Crippen LogP contribution in [-0.2, 0) is 15.0 Å². The van der Waals surface area contributed by atoms with Gasteiger partial charge in [-0.15, -0.1) is 0 Å². The fourth-order valence-corrected chi connectivity index (χ4v) is 2.97. The van der Waals surface area contributed by atoms with Gasteiger partial charge in [0.2, 0.25) is 5.91 Å². The second kappa shape index (κ2) is 7.68. The minimum Gasteiger partial charge on any atom is -0.480 e. The molecule has 2 N–H and O–H groups in total. The fourth-order valence-electron chi connectivity index (χ4n) is 2.97. The van der Waals surface area contributed by atoms with Crippen molar-refractivity contribution < 1.29 is 19.5 Å². The zero-order chi connectivity index (χ0) is 18.6. The van der Waals surface area contributed by atoms with E-state index in [1.54, 1.807) is 12.1 Å². The Kier molecular flexibility index (Phi) is 5.82. The first kappa shape index (κ1) is 19.0. The van der Waals surface area contributed by atoms with Crippen LogP contribution in [0.4, 0.5) is 0 Å². The van der Waals surface area contributed by atoms with Gasteiger partial charge >= 0.3 is 5.97 Å². The summed E-state index contributed by atoms with van der Waals surface area (Å²) in [5, 5.41) is 11.8. The summed E-state index contributed by atoms with van der Waals surface area (Å²) < 4.78 is 0. The molecule has 1 aromatic carbocycles. The summed E-state index contributed by atoms with van der Waals surface area (Å²) in [5.41, 5.74) is 1.61. The summed E-state index contributed by atoms with van der Waals surface area (Å²) in [4.78, 5) is 37.1. The Bertz CT molecular complexity index is 646. The Hall–Kier alpha value is -2.37. The number of hydrogen-bond acceptors (Lipinski definition) is 3. The summed E-state index contributed by atoms with van der Waals surface area (Å²) >= 11 is 0. The smallest absolute Gasteiger partial charge is 0.326 e. The van der Waals surface area contributed by atoms with Crippen LogP contribution in [-0.4, -0.2) is 46.9 Å². The number of hydrogen-bond donors (Lipinski definition) is 2. The molecule has 1 aliphatic heterocycles. The number of benzene rings is 1. The molecule has 1 aliphatic rings. The number of nitrogens with one attached hydrogen (secondary N) is 1. The van der Waals surface area contributed by atoms with E-state index in [1.165, 1.54) is 4.90 Å². The Labute approximate surface area is 148 Å². The van der Waals surface area contributed by atoms with Crippen molar-refractivity contribution in [1.82, 2.24) is 10.2 Å². The van der Waals surface area contributed by atoms with Crippen molar-refractivity contribution in [3.63, 3.8) is 0 Å². The van der Waals surface area contributed by atoms with Crippen LogP contribution in [0.2, 0.25) is 0 Å². The van der Waals surface area contributed by atoms with E-state index < -0.39 is 12.0 Å². The van der Waals surface area contributed by atoms with Gasteiger partial charge in [-0.2, -0.15) is 0 Å². The Balaban J connectivity index is 1.94. The van der Waals surface area contributed by atoms with Crippen molar-refractivity contribution in [2.75, 3.05) is 13.1 Å². The molecular formula is C19H26N2O4. The SMILES string of the molecule is CC(C)(C)c1ccc(C(=O)NCC(=O)N2CCCCC2C(=O)O)cc1. The van der Waals surface area contributed by atoms with E-state index in [2.05, 4.69) is 26.1 Å². The zero-order valence-corrected chi connectivity index (χ0v) is 15.0. The molecule has 0 spiro atoms. The molecule has 2 amide bonds. The molecule has 6 heteroatoms. The monoisotopic (exact) mass is 346 g/mol. The molecule has 1 atom stereocenters. The molecule has 2 rings (SSSR count). The second-order valence-corrected chi connectivity index (χ2v) is 7.45. The number of piperidine rings is 1. The van der Waals surface area contributed by atoms with Crippen LogP contribution in [0.1, 0.15) is 56.0 Å². The lowest BCUT2D eigenvalue weighted by Gasteiger charge is -2.33. The van der Waals surface area contributed by atoms with Crippen LogP contribution in [0.3, 0.4) is 0 Å². The molecule has 0 aromatic heterocycles. The molecule has 0 saturated carbocycles. The van der Waals surface area contributed by atoms with E-state index in [0.29, 0.717) is 18.5 Å². The maximum Gasteiger partial charge on any atom is 0.326 e. The topological polar surface area (TPSA) is 86.7 Å². The van der Waals surface area contributed by atoms with E-state index in [9.17, 15) is 19.5 Å². The molecular weight excluding hydrogens is 320 g/mol. The van der Waals surface area contributed by atoms with Crippen molar-refractivity contribution in [2.45, 2.75) is 51.5 Å². The standard InChI is InChI=1S/C19H26N2O4/c1-19(2,3)14-9-7-13(8-10-14)17(23)20-12-16(22)21-11-5-4-6-15(21)18(24)25/h7-10,15H,4-6,11-12H2,1-3H3,(H,20,23)(H,24,25). The molecule has 25 heavy (non-hydrogen) atoms. The highest BCUT2D eigenvalue weighted by atomic mass is 16.4. The summed E-state index contributed by atoms with van der Waals surface area (Å²) in [6.07, 6.45) is 2.05. The van der Waals surface area contributed by atoms with Gasteiger partial charge in [-0.1, -0.05) is 32.9 Å². The lowest BCUT2D eigenvalue weighted by atomic mass is 9.87. The third kappa shape index (κ3) is 4.81. The van der Waals surface area contributed by atoms with Crippen LogP contribution in [0, 0.1) is 0 Å². The van der Waals surface area contributed by atoms with Crippen LogP contribution in [0.15, 0.2) is 24.3 Å². The zero-order valence-electron chi connectivity index (χ0n) is 15.0. The Morgan fingerprint density at radius 3 is 2.36 bits per heavy atom. The average Bonchev–Trinajstić information content (AvgIpc) is 2.58. The van der Waals surface area contributed by atoms with Crippen molar-refractivity contribution >= 4 is 17.8 Å². The van der Waals surface area contributed by atoms with Gasteiger partial charge in [0.05, 0.1) is 6.54 Å². The molecule has 1 fully saturated rings. The molecule has 1 unspecified atom stereocenters. The quantitative estimate of drug-likeness (QED) is 0.875. The lowest BCUT2D eigenvalue weighted by molar-refractivity contribution is -0.151. The van der Waals surface area contributed by atoms with Crippen molar-refractivity contribution in [1.29, 1.82) is 0 Å². The predicted molar refractivity (Wildman–Crippen MR) is 94.5 cm³/mol. The number of nitrogens with zero attached hydrogens (tertiary/aromatic N) is 1. The number of amides is 2. The van der Waals surface area contributed by atoms with Gasteiger partial charge in [0.15, 0.2) is 0 Å². The number of carboxylic acids is 1. The first-order valence-electron chi connectivity index (χ1n) is 8.61. The van der Waals surface area contributed by atoms with E-state index >= 15 is 0 Å². The molecule has 6 nitrogen and oxygen atoms in total. The first-order valence-corrected chi connectivity index (χ1v) is 8.61. The third-order valence-electron chi connectivity index (χ3n) is 4.52. The van der Waals surface area contributed by atoms with Gasteiger partial charge in [-0.3, -0.25) is 9.59 Å². The van der Waals surface area contributed by atoms with Crippen LogP contribution in [0.25, 0.3) is 0 Å². The highest BCUT2D eigenvalue weighted by Crippen LogP contribution is 2.22. The number of carbonyl (C=O) groups excluding carboxylic acids is 2. The summed E-state index contributed by atoms with van der Waals surface area (Å²) in [6.45, 7) is 6.52. The van der Waals surface area contributed by atoms with Crippen LogP contribution >= 0.6 is 0 Å².